The van der Waals surface area contributed by atoms with Gasteiger partial charge in [-0.05, 0) is 11.6 Å². The van der Waals surface area contributed by atoms with E-state index in [2.05, 4.69) is 0 Å². The van der Waals surface area contributed by atoms with Gasteiger partial charge in [-0.2, -0.15) is 0 Å². The molecule has 2 N–H and O–H groups in total. The predicted molar refractivity (Wildman–Crippen MR) is 77.4 cm³/mol. The fraction of sp³-hybridized carbons (Fsp3) is 0.200. The highest BCUT2D eigenvalue weighted by Crippen LogP contribution is 2.28. The fourth-order valence-electron chi connectivity index (χ4n) is 1.76. The molecule has 2 aromatic carbocycles. The molecule has 0 aliphatic heterocycles. The van der Waals surface area contributed by atoms with Crippen LogP contribution in [0.15, 0.2) is 54.6 Å². The molecule has 0 saturated carbocycles. The Morgan fingerprint density at radius 3 is 2.20 bits per heavy atom. The second-order valence-electron chi connectivity index (χ2n) is 4.17. The van der Waals surface area contributed by atoms with Gasteiger partial charge in [0.2, 0.25) is 0 Å². The first-order chi connectivity index (χ1) is 9.18. The van der Waals surface area contributed by atoms with Crippen LogP contribution in [0.2, 0.25) is 0 Å². The molecule has 0 spiro atoms. The summed E-state index contributed by atoms with van der Waals surface area (Å²) >= 11 is 0. The number of hydrogen-bond acceptors (Lipinski definition) is 2. The van der Waals surface area contributed by atoms with Gasteiger partial charge in [-0.1, -0.05) is 48.5 Å². The molecule has 5 heteroatoms. The molecule has 108 valence electrons. The zero-order valence-electron chi connectivity index (χ0n) is 10.7. The van der Waals surface area contributed by atoms with Crippen molar-refractivity contribution < 1.29 is 13.5 Å². The normalized spacial score (nSPS) is 11.8. The third-order valence-corrected chi connectivity index (χ3v) is 2.79. The van der Waals surface area contributed by atoms with Gasteiger partial charge in [0.15, 0.2) is 0 Å². The lowest BCUT2D eigenvalue weighted by Crippen LogP contribution is -2.19. The molecule has 0 aliphatic rings. The second kappa shape index (κ2) is 7.82. The smallest absolute Gasteiger partial charge is 0.257 e. The van der Waals surface area contributed by atoms with Crippen molar-refractivity contribution in [3.05, 3.63) is 65.7 Å². The predicted octanol–water partition coefficient (Wildman–Crippen LogP) is 3.95. The maximum atomic E-state index is 12.7. The van der Waals surface area contributed by atoms with Crippen LogP contribution in [0.4, 0.5) is 8.78 Å². The number of nitrogens with two attached hydrogens (primary N) is 1. The average Bonchev–Trinajstić information content (AvgIpc) is 2.45. The number of para-hydroxylation sites is 1. The molecule has 0 aliphatic carbocycles. The highest BCUT2D eigenvalue weighted by atomic mass is 35.5. The Kier molecular flexibility index (Phi) is 6.42. The molecule has 2 aromatic rings. The van der Waals surface area contributed by atoms with E-state index in [1.54, 1.807) is 24.3 Å². The van der Waals surface area contributed by atoms with Crippen molar-refractivity contribution in [3.8, 4) is 5.75 Å². The average molecular weight is 300 g/mol. The monoisotopic (exact) mass is 299 g/mol. The van der Waals surface area contributed by atoms with Crippen molar-refractivity contribution in [1.29, 1.82) is 0 Å². The summed E-state index contributed by atoms with van der Waals surface area (Å²) in [4.78, 5) is 0. The first-order valence-electron chi connectivity index (χ1n) is 5.98. The van der Waals surface area contributed by atoms with Crippen LogP contribution in [0.1, 0.15) is 17.2 Å². The number of alkyl halides is 2. The maximum absolute atomic E-state index is 12.7. The molecule has 0 fully saturated rings. The van der Waals surface area contributed by atoms with Gasteiger partial charge in [0.05, 0.1) is 6.04 Å². The molecule has 0 radical (unpaired) electrons. The summed E-state index contributed by atoms with van der Waals surface area (Å²) in [6.45, 7) is 0.327. The van der Waals surface area contributed by atoms with Crippen LogP contribution >= 0.6 is 12.4 Å². The minimum atomic E-state index is -2.61. The molecule has 20 heavy (non-hydrogen) atoms. The molecule has 0 amide bonds. The van der Waals surface area contributed by atoms with E-state index in [1.165, 1.54) is 0 Å². The number of hydrogen-bond donors (Lipinski definition) is 1. The molecule has 2 rings (SSSR count). The van der Waals surface area contributed by atoms with E-state index in [0.717, 1.165) is 5.56 Å². The lowest BCUT2D eigenvalue weighted by atomic mass is 10.1. The zero-order chi connectivity index (χ0) is 13.7. The maximum Gasteiger partial charge on any atom is 0.257 e. The third kappa shape index (κ3) is 4.18. The highest BCUT2D eigenvalue weighted by Gasteiger charge is 2.20. The zero-order valence-corrected chi connectivity index (χ0v) is 11.5. The molecule has 0 saturated heterocycles. The number of halogens is 3. The van der Waals surface area contributed by atoms with Gasteiger partial charge >= 0.3 is 0 Å². The van der Waals surface area contributed by atoms with E-state index in [0.29, 0.717) is 17.9 Å². The summed E-state index contributed by atoms with van der Waals surface area (Å²) in [6.07, 6.45) is -2.61. The van der Waals surface area contributed by atoms with Crippen molar-refractivity contribution >= 4 is 12.4 Å². The van der Waals surface area contributed by atoms with E-state index < -0.39 is 12.5 Å². The minimum absolute atomic E-state index is 0. The second-order valence-corrected chi connectivity index (χ2v) is 4.17. The Morgan fingerprint density at radius 1 is 0.950 bits per heavy atom. The Labute approximate surface area is 123 Å². The summed E-state index contributed by atoms with van der Waals surface area (Å²) in [7, 11) is 0. The summed E-state index contributed by atoms with van der Waals surface area (Å²) in [6, 6.07) is 14.8. The van der Waals surface area contributed by atoms with Gasteiger partial charge in [-0.15, -0.1) is 12.4 Å². The van der Waals surface area contributed by atoms with Crippen LogP contribution in [-0.2, 0) is 6.61 Å². The molecule has 0 heterocycles. The quantitative estimate of drug-likeness (QED) is 0.907. The Hall–Kier alpha value is -1.65. The van der Waals surface area contributed by atoms with Crippen LogP contribution in [0.5, 0.6) is 5.75 Å². The topological polar surface area (TPSA) is 35.2 Å². The van der Waals surface area contributed by atoms with E-state index in [9.17, 15) is 8.78 Å². The van der Waals surface area contributed by atoms with Gasteiger partial charge < -0.3 is 10.5 Å². The molecule has 0 unspecified atom stereocenters. The highest BCUT2D eigenvalue weighted by molar-refractivity contribution is 5.85. The lowest BCUT2D eigenvalue weighted by molar-refractivity contribution is 0.114. The standard InChI is InChI=1S/C15H15F2NO.ClH/c16-15(17)14(18)12-8-4-5-9-13(12)19-10-11-6-2-1-3-7-11;/h1-9,14-15H,10,18H2;1H/t14-;/m0./s1. The van der Waals surface area contributed by atoms with Crippen LogP contribution in [-0.4, -0.2) is 6.43 Å². The Balaban J connectivity index is 0.00000200. The van der Waals surface area contributed by atoms with Crippen LogP contribution in [0.3, 0.4) is 0 Å². The number of benzene rings is 2. The van der Waals surface area contributed by atoms with Gasteiger partial charge in [0.25, 0.3) is 6.43 Å². The molecule has 0 aromatic heterocycles. The molecule has 0 bridgehead atoms. The summed E-state index contributed by atoms with van der Waals surface area (Å²) in [5, 5.41) is 0. The third-order valence-electron chi connectivity index (χ3n) is 2.79. The van der Waals surface area contributed by atoms with Crippen molar-refractivity contribution in [3.63, 3.8) is 0 Å². The van der Waals surface area contributed by atoms with Crippen molar-refractivity contribution in [2.75, 3.05) is 0 Å². The van der Waals surface area contributed by atoms with E-state index in [-0.39, 0.29) is 12.4 Å². The van der Waals surface area contributed by atoms with Gasteiger partial charge in [-0.3, -0.25) is 0 Å². The van der Waals surface area contributed by atoms with Crippen molar-refractivity contribution in [1.82, 2.24) is 0 Å². The fourth-order valence-corrected chi connectivity index (χ4v) is 1.76. The van der Waals surface area contributed by atoms with Gasteiger partial charge in [0.1, 0.15) is 12.4 Å². The summed E-state index contributed by atoms with van der Waals surface area (Å²) in [5.41, 5.74) is 6.78. The first kappa shape index (κ1) is 16.4. The lowest BCUT2D eigenvalue weighted by Gasteiger charge is -2.16. The van der Waals surface area contributed by atoms with Crippen molar-refractivity contribution in [2.45, 2.75) is 19.1 Å². The van der Waals surface area contributed by atoms with Gasteiger partial charge in [0, 0.05) is 5.56 Å². The van der Waals surface area contributed by atoms with Gasteiger partial charge in [-0.25, -0.2) is 8.78 Å². The van der Waals surface area contributed by atoms with Crippen LogP contribution in [0.25, 0.3) is 0 Å². The molecular formula is C15H16ClF2NO. The Morgan fingerprint density at radius 2 is 1.55 bits per heavy atom. The van der Waals surface area contributed by atoms with Crippen molar-refractivity contribution in [2.24, 2.45) is 5.73 Å². The largest absolute Gasteiger partial charge is 0.489 e. The summed E-state index contributed by atoms with van der Waals surface area (Å²) < 4.78 is 30.9. The van der Waals surface area contributed by atoms with E-state index in [4.69, 9.17) is 10.5 Å². The van der Waals surface area contributed by atoms with E-state index in [1.807, 2.05) is 30.3 Å². The summed E-state index contributed by atoms with van der Waals surface area (Å²) in [5.74, 6) is 0.402. The first-order valence-corrected chi connectivity index (χ1v) is 5.98. The molecular weight excluding hydrogens is 284 g/mol. The Bertz CT molecular complexity index is 522. The number of rotatable bonds is 5. The minimum Gasteiger partial charge on any atom is -0.489 e. The van der Waals surface area contributed by atoms with Crippen LogP contribution in [0, 0.1) is 0 Å². The SMILES string of the molecule is Cl.N[C@@H](c1ccccc1OCc1ccccc1)C(F)F. The van der Waals surface area contributed by atoms with Crippen LogP contribution < -0.4 is 10.5 Å². The van der Waals surface area contributed by atoms with E-state index >= 15 is 0 Å². The molecule has 2 nitrogen and oxygen atoms in total. The number of ether oxygens (including phenoxy) is 1. The molecule has 1 atom stereocenters.